The molecule has 0 bridgehead atoms. The lowest BCUT2D eigenvalue weighted by atomic mass is 9.64. The maximum Gasteiger partial charge on any atom is 0.171 e. The monoisotopic (exact) mass is 794 g/mol. The molecule has 1 spiro atoms. The lowest BCUT2D eigenvalue weighted by molar-refractivity contribution is 0.383. The summed E-state index contributed by atoms with van der Waals surface area (Å²) in [5.74, 6) is 2.48. The molecule has 0 fully saturated rings. The number of nitrogens with zero attached hydrogens (tertiary/aromatic N) is 2. The van der Waals surface area contributed by atoms with Gasteiger partial charge in [-0.3, -0.25) is 0 Å². The Morgan fingerprint density at radius 1 is 0.559 bits per heavy atom. The smallest absolute Gasteiger partial charge is 0.171 e. The van der Waals surface area contributed by atoms with Crippen LogP contribution in [0, 0.1) is 0 Å². The van der Waals surface area contributed by atoms with Crippen molar-refractivity contribution in [1.82, 2.24) is 9.97 Å². The first-order valence-electron chi connectivity index (χ1n) is 20.1. The van der Waals surface area contributed by atoms with Crippen molar-refractivity contribution in [2.24, 2.45) is 0 Å². The van der Waals surface area contributed by atoms with E-state index in [0.29, 0.717) is 5.82 Å². The molecule has 4 nitrogen and oxygen atoms in total. The normalized spacial score (nSPS) is 16.5. The molecule has 1 unspecified atom stereocenters. The summed E-state index contributed by atoms with van der Waals surface area (Å²) in [4.78, 5) is 10.8. The van der Waals surface area contributed by atoms with Gasteiger partial charge >= 0.3 is 0 Å². The molecule has 12 rings (SSSR count). The van der Waals surface area contributed by atoms with Gasteiger partial charge in [-0.05, 0) is 59.4 Å². The molecule has 0 saturated heterocycles. The Balaban J connectivity index is 1.07. The molecule has 6 heteroatoms. The third-order valence-corrected chi connectivity index (χ3v) is 16.5. The molecule has 1 atom stereocenters. The van der Waals surface area contributed by atoms with Crippen LogP contribution < -0.4 is 20.7 Å². The van der Waals surface area contributed by atoms with E-state index in [2.05, 4.69) is 103 Å². The van der Waals surface area contributed by atoms with Crippen LogP contribution in [0.25, 0.3) is 54.1 Å². The molecule has 0 amide bonds. The number of allylic oxidation sites excluding steroid dienone is 3. The van der Waals surface area contributed by atoms with Gasteiger partial charge in [0, 0.05) is 48.3 Å². The van der Waals surface area contributed by atoms with Crippen molar-refractivity contribution in [3.05, 3.63) is 216 Å². The predicted octanol–water partition coefficient (Wildman–Crippen LogP) is 12.1. The number of para-hydroxylation sites is 1. The van der Waals surface area contributed by atoms with Gasteiger partial charge in [0.25, 0.3) is 0 Å². The van der Waals surface area contributed by atoms with Crippen molar-refractivity contribution in [2.75, 3.05) is 0 Å². The Hall–Kier alpha value is -6.65. The molecular weight excluding hydrogens is 760 g/mol. The van der Waals surface area contributed by atoms with E-state index < -0.39 is 12.6 Å². The van der Waals surface area contributed by atoms with E-state index in [1.54, 1.807) is 11.3 Å². The van der Waals surface area contributed by atoms with Crippen LogP contribution in [0.3, 0.4) is 0 Å². The fourth-order valence-electron chi connectivity index (χ4n) is 9.68. The van der Waals surface area contributed by atoms with Crippen LogP contribution in [-0.4, -0.2) is 9.97 Å². The average Bonchev–Trinajstić information content (AvgIpc) is 3.83. The highest BCUT2D eigenvalue weighted by Gasteiger charge is 2.52. The summed E-state index contributed by atoms with van der Waals surface area (Å²) >= 11 is 1.74. The highest BCUT2D eigenvalue weighted by atomic mass is 32.1. The Kier molecular flexibility index (Phi) is 7.69. The number of thiophene rings is 1. The van der Waals surface area contributed by atoms with Crippen LogP contribution in [-0.2, 0) is 9.98 Å². The van der Waals surface area contributed by atoms with E-state index in [0.717, 1.165) is 78.3 Å². The van der Waals surface area contributed by atoms with Crippen LogP contribution in [0.4, 0.5) is 0 Å². The number of rotatable bonds is 5. The molecule has 1 aliphatic heterocycles. The van der Waals surface area contributed by atoms with Gasteiger partial charge in [-0.1, -0.05) is 164 Å². The first-order chi connectivity index (χ1) is 29.1. The van der Waals surface area contributed by atoms with Crippen molar-refractivity contribution in [3.63, 3.8) is 0 Å². The van der Waals surface area contributed by atoms with Crippen LogP contribution in [0.2, 0.25) is 0 Å². The zero-order valence-corrected chi connectivity index (χ0v) is 33.6. The maximum atomic E-state index is 15.2. The van der Waals surface area contributed by atoms with E-state index in [4.69, 9.17) is 14.7 Å². The predicted molar refractivity (Wildman–Crippen MR) is 243 cm³/mol. The van der Waals surface area contributed by atoms with E-state index in [1.165, 1.54) is 32.5 Å². The van der Waals surface area contributed by atoms with Gasteiger partial charge in [0.1, 0.15) is 11.5 Å². The summed E-state index contributed by atoms with van der Waals surface area (Å²) in [6.07, 6.45) is 6.58. The molecule has 2 aliphatic carbocycles. The maximum absolute atomic E-state index is 15.2. The SMILES string of the molecule is O=P(c1ccccc1)(c1ccccc1)c1ccc(-c2nc(-c3ccc4c(c3)C3(C5=CCCC=C5Oc5ccccc53)c3ccccc3-4)c3sc4ccccc4c3n2)cc1. The second-order valence-corrected chi connectivity index (χ2v) is 19.2. The molecule has 0 N–H and O–H groups in total. The van der Waals surface area contributed by atoms with E-state index in [-0.39, 0.29) is 0 Å². The second-order valence-electron chi connectivity index (χ2n) is 15.4. The summed E-state index contributed by atoms with van der Waals surface area (Å²) in [7, 11) is -3.15. The van der Waals surface area contributed by atoms with Crippen molar-refractivity contribution in [3.8, 4) is 39.5 Å². The average molecular weight is 795 g/mol. The van der Waals surface area contributed by atoms with Gasteiger partial charge in [0.05, 0.1) is 21.3 Å². The largest absolute Gasteiger partial charge is 0.457 e. The molecule has 280 valence electrons. The van der Waals surface area contributed by atoms with Crippen LogP contribution in [0.1, 0.15) is 29.5 Å². The molecule has 0 radical (unpaired) electrons. The van der Waals surface area contributed by atoms with Crippen molar-refractivity contribution < 1.29 is 9.30 Å². The summed E-state index contributed by atoms with van der Waals surface area (Å²) in [6.45, 7) is 0. The number of hydrogen-bond donors (Lipinski definition) is 0. The highest BCUT2D eigenvalue weighted by Crippen LogP contribution is 2.62. The van der Waals surface area contributed by atoms with Gasteiger partial charge in [-0.2, -0.15) is 0 Å². The summed E-state index contributed by atoms with van der Waals surface area (Å²) in [5.41, 5.74) is 10.6. The van der Waals surface area contributed by atoms with E-state index >= 15 is 4.57 Å². The highest BCUT2D eigenvalue weighted by molar-refractivity contribution is 7.85. The molecule has 9 aromatic rings. The minimum atomic E-state index is -3.15. The zero-order valence-electron chi connectivity index (χ0n) is 31.9. The van der Waals surface area contributed by atoms with E-state index in [9.17, 15) is 0 Å². The summed E-state index contributed by atoms with van der Waals surface area (Å²) in [5, 5.41) is 3.49. The lowest BCUT2D eigenvalue weighted by Crippen LogP contribution is -2.36. The zero-order chi connectivity index (χ0) is 39.1. The molecule has 2 aromatic heterocycles. The first kappa shape index (κ1) is 34.4. The Morgan fingerprint density at radius 3 is 1.98 bits per heavy atom. The second kappa shape index (κ2) is 13.2. The van der Waals surface area contributed by atoms with Gasteiger partial charge in [-0.15, -0.1) is 11.3 Å². The first-order valence-corrected chi connectivity index (χ1v) is 22.6. The molecule has 59 heavy (non-hydrogen) atoms. The fourth-order valence-corrected chi connectivity index (χ4v) is 13.5. The standard InChI is InChI=1S/C53H35N2O2PS/c56-58(36-15-3-1-4-16-36,37-17-5-2-6-18-37)38-30-27-34(28-31-38)52-54-49(51-50(55-52)41-20-8-14-26-48(41)59-51)35-29-32-40-39-19-7-9-21-42(39)53(45(40)33-35)43-22-10-12-24-46(43)57-47-25-13-11-23-44(47)53/h1-10,12,14-33H,11,13H2. The number of ether oxygens (including phenoxy) is 1. The van der Waals surface area contributed by atoms with Crippen LogP contribution >= 0.6 is 18.5 Å². The number of hydrogen-bond acceptors (Lipinski definition) is 5. The summed E-state index contributed by atoms with van der Waals surface area (Å²) < 4.78 is 24.1. The quantitative estimate of drug-likeness (QED) is 0.163. The third-order valence-electron chi connectivity index (χ3n) is 12.3. The van der Waals surface area contributed by atoms with E-state index in [1.807, 2.05) is 84.9 Å². The minimum absolute atomic E-state index is 0.542. The topological polar surface area (TPSA) is 52.1 Å². The van der Waals surface area contributed by atoms with Gasteiger partial charge in [0.15, 0.2) is 13.0 Å². The lowest BCUT2D eigenvalue weighted by Gasteiger charge is -2.42. The molecule has 3 aliphatic rings. The van der Waals surface area contributed by atoms with Crippen molar-refractivity contribution in [1.29, 1.82) is 0 Å². The fraction of sp³-hybridized carbons (Fsp3) is 0.0566. The molecule has 0 saturated carbocycles. The van der Waals surface area contributed by atoms with Crippen LogP contribution in [0.15, 0.2) is 199 Å². The van der Waals surface area contributed by atoms with Crippen molar-refractivity contribution in [2.45, 2.75) is 18.3 Å². The third kappa shape index (κ3) is 4.99. The number of aromatic nitrogens is 2. The Bertz CT molecular complexity index is 3240. The van der Waals surface area contributed by atoms with Gasteiger partial charge < -0.3 is 9.30 Å². The van der Waals surface area contributed by atoms with Crippen LogP contribution in [0.5, 0.6) is 5.75 Å². The summed E-state index contributed by atoms with van der Waals surface area (Å²) in [6, 6.07) is 60.5. The minimum Gasteiger partial charge on any atom is -0.457 e. The van der Waals surface area contributed by atoms with Gasteiger partial charge in [0.2, 0.25) is 0 Å². The Labute approximate surface area is 346 Å². The molecule has 3 heterocycles. The number of benzene rings is 7. The molecular formula is C53H35N2O2PS. The van der Waals surface area contributed by atoms with Crippen molar-refractivity contribution >= 4 is 54.7 Å². The molecule has 7 aromatic carbocycles. The van der Waals surface area contributed by atoms with Gasteiger partial charge in [-0.25, -0.2) is 9.97 Å². The number of fused-ring (bicyclic) bond motifs is 12. The Morgan fingerprint density at radius 2 is 1.19 bits per heavy atom.